The lowest BCUT2D eigenvalue weighted by atomic mass is 10.1. The summed E-state index contributed by atoms with van der Waals surface area (Å²) in [5, 5.41) is 2.85. The van der Waals surface area contributed by atoms with Gasteiger partial charge in [-0.25, -0.2) is 0 Å². The molecule has 0 atom stereocenters. The zero-order valence-electron chi connectivity index (χ0n) is 18.0. The summed E-state index contributed by atoms with van der Waals surface area (Å²) in [5.74, 6) is -0.443. The fraction of sp³-hybridized carbons (Fsp3) is 0.185. The summed E-state index contributed by atoms with van der Waals surface area (Å²) >= 11 is 0. The number of benzene rings is 3. The first kappa shape index (κ1) is 21.5. The highest BCUT2D eigenvalue weighted by Gasteiger charge is 2.25. The Kier molecular flexibility index (Phi) is 7.10. The third kappa shape index (κ3) is 5.71. The molecule has 0 bridgehead atoms. The van der Waals surface area contributed by atoms with Crippen LogP contribution in [-0.4, -0.2) is 47.8 Å². The fourth-order valence-corrected chi connectivity index (χ4v) is 3.77. The summed E-state index contributed by atoms with van der Waals surface area (Å²) < 4.78 is 0. The van der Waals surface area contributed by atoms with Gasteiger partial charge >= 0.3 is 0 Å². The molecular weight excluding hydrogens is 398 g/mol. The van der Waals surface area contributed by atoms with Gasteiger partial charge in [0.1, 0.15) is 5.70 Å². The van der Waals surface area contributed by atoms with Crippen molar-refractivity contribution in [1.82, 2.24) is 15.1 Å². The lowest BCUT2D eigenvalue weighted by molar-refractivity contribution is -0.129. The summed E-state index contributed by atoms with van der Waals surface area (Å²) in [6.07, 6.45) is 1.75. The number of amides is 2. The summed E-state index contributed by atoms with van der Waals surface area (Å²) in [6.45, 7) is 3.72. The number of hydrogen-bond donors (Lipinski definition) is 1. The van der Waals surface area contributed by atoms with E-state index < -0.39 is 0 Å². The van der Waals surface area contributed by atoms with Gasteiger partial charge in [-0.2, -0.15) is 0 Å². The van der Waals surface area contributed by atoms with Crippen LogP contribution in [0.2, 0.25) is 0 Å². The Bertz CT molecular complexity index is 1060. The molecule has 5 heteroatoms. The first-order valence-corrected chi connectivity index (χ1v) is 10.9. The fourth-order valence-electron chi connectivity index (χ4n) is 3.77. The molecule has 0 aromatic heterocycles. The second kappa shape index (κ2) is 10.6. The molecule has 3 aromatic carbocycles. The van der Waals surface area contributed by atoms with Crippen molar-refractivity contribution in [3.63, 3.8) is 0 Å². The number of nitrogens with one attached hydrogen (secondary N) is 1. The normalized spacial score (nSPS) is 14.8. The van der Waals surface area contributed by atoms with E-state index in [0.717, 1.165) is 25.2 Å². The second-order valence-corrected chi connectivity index (χ2v) is 7.84. The van der Waals surface area contributed by atoms with Crippen LogP contribution < -0.4 is 5.32 Å². The highest BCUT2D eigenvalue weighted by atomic mass is 16.2. The molecule has 0 aliphatic carbocycles. The van der Waals surface area contributed by atoms with Gasteiger partial charge in [0.2, 0.25) is 0 Å². The predicted molar refractivity (Wildman–Crippen MR) is 127 cm³/mol. The van der Waals surface area contributed by atoms with Gasteiger partial charge in [-0.15, -0.1) is 0 Å². The molecule has 1 fully saturated rings. The van der Waals surface area contributed by atoms with E-state index >= 15 is 0 Å². The average Bonchev–Trinajstić information content (AvgIpc) is 2.85. The van der Waals surface area contributed by atoms with E-state index in [-0.39, 0.29) is 11.8 Å². The van der Waals surface area contributed by atoms with E-state index in [1.54, 1.807) is 18.2 Å². The summed E-state index contributed by atoms with van der Waals surface area (Å²) in [7, 11) is 0. The average molecular weight is 426 g/mol. The summed E-state index contributed by atoms with van der Waals surface area (Å²) in [5.41, 5.74) is 2.95. The maximum absolute atomic E-state index is 13.4. The molecule has 5 nitrogen and oxygen atoms in total. The molecule has 3 aromatic rings. The van der Waals surface area contributed by atoms with Gasteiger partial charge in [-0.05, 0) is 29.3 Å². The zero-order valence-corrected chi connectivity index (χ0v) is 18.0. The lowest BCUT2D eigenvalue weighted by Gasteiger charge is -2.35. The SMILES string of the molecule is O=C(N/C(=C/c1ccccc1)C(=O)N1CCN(Cc2ccccc2)CC1)c1ccccc1. The molecule has 0 radical (unpaired) electrons. The number of hydrogen-bond acceptors (Lipinski definition) is 3. The highest BCUT2D eigenvalue weighted by molar-refractivity contribution is 6.05. The molecule has 0 spiro atoms. The monoisotopic (exact) mass is 425 g/mol. The molecule has 1 aliphatic rings. The number of carbonyl (C=O) groups excluding carboxylic acids is 2. The van der Waals surface area contributed by atoms with E-state index in [2.05, 4.69) is 22.3 Å². The van der Waals surface area contributed by atoms with Crippen LogP contribution in [0.4, 0.5) is 0 Å². The summed E-state index contributed by atoms with van der Waals surface area (Å²) in [4.78, 5) is 30.3. The van der Waals surface area contributed by atoms with Crippen molar-refractivity contribution in [2.24, 2.45) is 0 Å². The van der Waals surface area contributed by atoms with Crippen molar-refractivity contribution in [2.75, 3.05) is 26.2 Å². The lowest BCUT2D eigenvalue weighted by Crippen LogP contribution is -2.50. The van der Waals surface area contributed by atoms with Crippen LogP contribution in [0.15, 0.2) is 96.7 Å². The Morgan fingerprint density at radius 2 is 1.31 bits per heavy atom. The number of carbonyl (C=O) groups is 2. The van der Waals surface area contributed by atoms with Gasteiger partial charge in [-0.1, -0.05) is 78.9 Å². The van der Waals surface area contributed by atoms with Crippen molar-refractivity contribution >= 4 is 17.9 Å². The standard InChI is InChI=1S/C27H27N3O2/c31-26(24-14-8-3-9-15-24)28-25(20-22-10-4-1-5-11-22)27(32)30-18-16-29(17-19-30)21-23-12-6-2-7-13-23/h1-15,20H,16-19,21H2,(H,28,31)/b25-20+. The van der Waals surface area contributed by atoms with Crippen LogP contribution in [0, 0.1) is 0 Å². The van der Waals surface area contributed by atoms with Gasteiger partial charge in [0.05, 0.1) is 0 Å². The number of rotatable bonds is 6. The van der Waals surface area contributed by atoms with Crippen LogP contribution in [0.1, 0.15) is 21.5 Å². The van der Waals surface area contributed by atoms with Crippen molar-refractivity contribution < 1.29 is 9.59 Å². The van der Waals surface area contributed by atoms with Crippen molar-refractivity contribution in [3.8, 4) is 0 Å². The molecule has 4 rings (SSSR count). The first-order chi connectivity index (χ1) is 15.7. The van der Waals surface area contributed by atoms with E-state index in [9.17, 15) is 9.59 Å². The smallest absolute Gasteiger partial charge is 0.270 e. The highest BCUT2D eigenvalue weighted by Crippen LogP contribution is 2.13. The van der Waals surface area contributed by atoms with E-state index in [1.807, 2.05) is 71.6 Å². The summed E-state index contributed by atoms with van der Waals surface area (Å²) in [6, 6.07) is 28.9. The van der Waals surface area contributed by atoms with E-state index in [0.29, 0.717) is 24.4 Å². The quantitative estimate of drug-likeness (QED) is 0.611. The van der Waals surface area contributed by atoms with Crippen LogP contribution in [0.3, 0.4) is 0 Å². The van der Waals surface area contributed by atoms with Gasteiger partial charge in [-0.3, -0.25) is 14.5 Å². The molecule has 2 amide bonds. The third-order valence-corrected chi connectivity index (χ3v) is 5.53. The number of nitrogens with zero attached hydrogens (tertiary/aromatic N) is 2. The van der Waals surface area contributed by atoms with E-state index in [1.165, 1.54) is 5.56 Å². The minimum Gasteiger partial charge on any atom is -0.335 e. The number of piperazine rings is 1. The molecule has 1 heterocycles. The Balaban J connectivity index is 1.45. The van der Waals surface area contributed by atoms with Crippen LogP contribution in [-0.2, 0) is 11.3 Å². The van der Waals surface area contributed by atoms with Gasteiger partial charge < -0.3 is 10.2 Å². The van der Waals surface area contributed by atoms with Crippen LogP contribution in [0.5, 0.6) is 0 Å². The maximum atomic E-state index is 13.4. The molecule has 1 N–H and O–H groups in total. The predicted octanol–water partition coefficient (Wildman–Crippen LogP) is 3.80. The third-order valence-electron chi connectivity index (χ3n) is 5.53. The minimum atomic E-state index is -0.288. The second-order valence-electron chi connectivity index (χ2n) is 7.84. The van der Waals surface area contributed by atoms with Crippen LogP contribution >= 0.6 is 0 Å². The van der Waals surface area contributed by atoms with Crippen molar-refractivity contribution in [3.05, 3.63) is 113 Å². The molecule has 1 aliphatic heterocycles. The van der Waals surface area contributed by atoms with E-state index in [4.69, 9.17) is 0 Å². The van der Waals surface area contributed by atoms with Gasteiger partial charge in [0.25, 0.3) is 11.8 Å². The Hall–Kier alpha value is -3.70. The Labute approximate surface area is 189 Å². The van der Waals surface area contributed by atoms with Crippen molar-refractivity contribution in [1.29, 1.82) is 0 Å². The molecule has 0 saturated carbocycles. The topological polar surface area (TPSA) is 52.7 Å². The van der Waals surface area contributed by atoms with Crippen LogP contribution in [0.25, 0.3) is 6.08 Å². The van der Waals surface area contributed by atoms with Crippen molar-refractivity contribution in [2.45, 2.75) is 6.54 Å². The first-order valence-electron chi connectivity index (χ1n) is 10.9. The molecule has 32 heavy (non-hydrogen) atoms. The molecule has 162 valence electrons. The largest absolute Gasteiger partial charge is 0.335 e. The zero-order chi connectivity index (χ0) is 22.2. The molecular formula is C27H27N3O2. The maximum Gasteiger partial charge on any atom is 0.270 e. The van der Waals surface area contributed by atoms with Gasteiger partial charge in [0, 0.05) is 38.3 Å². The minimum absolute atomic E-state index is 0.155. The molecule has 1 saturated heterocycles. The Morgan fingerprint density at radius 1 is 0.750 bits per heavy atom. The van der Waals surface area contributed by atoms with Gasteiger partial charge in [0.15, 0.2) is 0 Å². The molecule has 0 unspecified atom stereocenters. The Morgan fingerprint density at radius 3 is 1.94 bits per heavy atom.